The predicted octanol–water partition coefficient (Wildman–Crippen LogP) is 2.36. The number of rotatable bonds is 2. The molecule has 2 aromatic rings. The first-order valence-electron chi connectivity index (χ1n) is 7.40. The van der Waals surface area contributed by atoms with E-state index in [1.807, 2.05) is 14.0 Å². The van der Waals surface area contributed by atoms with E-state index in [1.165, 1.54) is 12.8 Å². The molecule has 1 aliphatic rings. The highest BCUT2D eigenvalue weighted by atomic mass is 16.4. The van der Waals surface area contributed by atoms with Crippen molar-refractivity contribution < 1.29 is 9.90 Å². The van der Waals surface area contributed by atoms with Crippen molar-refractivity contribution >= 4 is 22.8 Å². The molecule has 6 heteroatoms. The van der Waals surface area contributed by atoms with Crippen molar-refractivity contribution in [2.45, 2.75) is 32.6 Å². The van der Waals surface area contributed by atoms with Gasteiger partial charge in [-0.3, -0.25) is 4.68 Å². The number of hydrogen-bond donors (Lipinski definition) is 1. The first-order valence-corrected chi connectivity index (χ1v) is 7.40. The van der Waals surface area contributed by atoms with Crippen molar-refractivity contribution in [2.24, 2.45) is 7.05 Å². The van der Waals surface area contributed by atoms with Crippen LogP contribution in [0, 0.1) is 6.92 Å². The summed E-state index contributed by atoms with van der Waals surface area (Å²) in [6, 6.07) is 1.72. The van der Waals surface area contributed by atoms with Gasteiger partial charge in [0.1, 0.15) is 11.4 Å². The highest BCUT2D eigenvalue weighted by Gasteiger charge is 2.22. The third-order valence-corrected chi connectivity index (χ3v) is 4.11. The van der Waals surface area contributed by atoms with Crippen LogP contribution < -0.4 is 4.90 Å². The number of aromatic carboxylic acids is 1. The molecular formula is C15H20N4O2. The van der Waals surface area contributed by atoms with E-state index in [4.69, 9.17) is 0 Å². The van der Waals surface area contributed by atoms with Crippen LogP contribution in [0.5, 0.6) is 0 Å². The van der Waals surface area contributed by atoms with Gasteiger partial charge in [-0.25, -0.2) is 9.78 Å². The Morgan fingerprint density at radius 1 is 1.24 bits per heavy atom. The second-order valence-corrected chi connectivity index (χ2v) is 5.65. The summed E-state index contributed by atoms with van der Waals surface area (Å²) in [4.78, 5) is 18.4. The van der Waals surface area contributed by atoms with Crippen LogP contribution in [0.4, 0.5) is 5.82 Å². The molecule has 112 valence electrons. The maximum atomic E-state index is 11.6. The fourth-order valence-corrected chi connectivity index (χ4v) is 3.01. The average molecular weight is 288 g/mol. The zero-order chi connectivity index (χ0) is 15.0. The molecule has 0 amide bonds. The Morgan fingerprint density at radius 3 is 2.52 bits per heavy atom. The average Bonchev–Trinajstić information content (AvgIpc) is 2.66. The van der Waals surface area contributed by atoms with Crippen molar-refractivity contribution in [3.05, 3.63) is 17.3 Å². The van der Waals surface area contributed by atoms with Gasteiger partial charge in [-0.1, -0.05) is 12.8 Å². The Balaban J connectivity index is 2.16. The van der Waals surface area contributed by atoms with Gasteiger partial charge >= 0.3 is 5.97 Å². The van der Waals surface area contributed by atoms with Crippen LogP contribution in [0.2, 0.25) is 0 Å². The summed E-state index contributed by atoms with van der Waals surface area (Å²) < 4.78 is 1.72. The number of anilines is 1. The lowest BCUT2D eigenvalue weighted by Crippen LogP contribution is -2.27. The van der Waals surface area contributed by atoms with Crippen LogP contribution in [-0.2, 0) is 7.05 Å². The Morgan fingerprint density at radius 2 is 1.90 bits per heavy atom. The molecule has 1 aliphatic heterocycles. The molecule has 0 aromatic carbocycles. The van der Waals surface area contributed by atoms with Crippen LogP contribution in [0.1, 0.15) is 41.7 Å². The zero-order valence-corrected chi connectivity index (χ0v) is 12.5. The zero-order valence-electron chi connectivity index (χ0n) is 12.5. The second kappa shape index (κ2) is 5.35. The monoisotopic (exact) mass is 288 g/mol. The number of nitrogens with zero attached hydrogens (tertiary/aromatic N) is 4. The first kappa shape index (κ1) is 13.9. The minimum atomic E-state index is -0.924. The SMILES string of the molecule is Cc1nn(C)c2nc(N3CCCCCC3)c(C(=O)O)cc12. The summed E-state index contributed by atoms with van der Waals surface area (Å²) >= 11 is 0. The molecule has 0 atom stereocenters. The second-order valence-electron chi connectivity index (χ2n) is 5.65. The molecule has 0 radical (unpaired) electrons. The fraction of sp³-hybridized carbons (Fsp3) is 0.533. The summed E-state index contributed by atoms with van der Waals surface area (Å²) in [6.07, 6.45) is 4.57. The van der Waals surface area contributed by atoms with E-state index in [2.05, 4.69) is 15.0 Å². The number of aromatic nitrogens is 3. The normalized spacial score (nSPS) is 16.2. The van der Waals surface area contributed by atoms with Crippen LogP contribution in [0.3, 0.4) is 0 Å². The molecule has 21 heavy (non-hydrogen) atoms. The molecule has 0 aliphatic carbocycles. The number of hydrogen-bond acceptors (Lipinski definition) is 4. The number of pyridine rings is 1. The molecule has 3 rings (SSSR count). The molecule has 0 spiro atoms. The molecule has 1 N–H and O–H groups in total. The number of carbonyl (C=O) groups is 1. The quantitative estimate of drug-likeness (QED) is 0.918. The predicted molar refractivity (Wildman–Crippen MR) is 80.9 cm³/mol. The largest absolute Gasteiger partial charge is 0.478 e. The van der Waals surface area contributed by atoms with Gasteiger partial charge in [0.2, 0.25) is 0 Å². The molecular weight excluding hydrogens is 268 g/mol. The molecule has 1 fully saturated rings. The molecule has 2 aromatic heterocycles. The van der Waals surface area contributed by atoms with Gasteiger partial charge in [-0.2, -0.15) is 5.10 Å². The Bertz CT molecular complexity index is 685. The fourth-order valence-electron chi connectivity index (χ4n) is 3.01. The van der Waals surface area contributed by atoms with Crippen molar-refractivity contribution in [2.75, 3.05) is 18.0 Å². The lowest BCUT2D eigenvalue weighted by molar-refractivity contribution is 0.0697. The van der Waals surface area contributed by atoms with Crippen molar-refractivity contribution in [3.8, 4) is 0 Å². The van der Waals surface area contributed by atoms with E-state index in [9.17, 15) is 9.90 Å². The van der Waals surface area contributed by atoms with E-state index < -0.39 is 5.97 Å². The van der Waals surface area contributed by atoms with Crippen molar-refractivity contribution in [1.82, 2.24) is 14.8 Å². The van der Waals surface area contributed by atoms with Crippen LogP contribution in [0.15, 0.2) is 6.07 Å². The smallest absolute Gasteiger partial charge is 0.339 e. The van der Waals surface area contributed by atoms with E-state index in [1.54, 1.807) is 10.7 Å². The third kappa shape index (κ3) is 2.46. The van der Waals surface area contributed by atoms with E-state index >= 15 is 0 Å². The summed E-state index contributed by atoms with van der Waals surface area (Å²) in [5, 5.41) is 14.7. The summed E-state index contributed by atoms with van der Waals surface area (Å²) in [7, 11) is 1.84. The standard InChI is InChI=1S/C15H20N4O2/c1-10-11-9-12(15(20)21)14(16-13(11)18(2)17-10)19-7-5-3-4-6-8-19/h9H,3-8H2,1-2H3,(H,20,21). The number of aryl methyl sites for hydroxylation is 2. The number of fused-ring (bicyclic) bond motifs is 1. The molecule has 1 saturated heterocycles. The van der Waals surface area contributed by atoms with E-state index in [0.717, 1.165) is 42.7 Å². The molecule has 3 heterocycles. The topological polar surface area (TPSA) is 71.2 Å². The highest BCUT2D eigenvalue weighted by Crippen LogP contribution is 2.27. The lowest BCUT2D eigenvalue weighted by Gasteiger charge is -2.23. The lowest BCUT2D eigenvalue weighted by atomic mass is 10.1. The summed E-state index contributed by atoms with van der Waals surface area (Å²) in [6.45, 7) is 3.62. The highest BCUT2D eigenvalue weighted by molar-refractivity contribution is 5.98. The molecule has 6 nitrogen and oxygen atoms in total. The Kier molecular flexibility index (Phi) is 3.53. The van der Waals surface area contributed by atoms with Gasteiger partial charge in [0, 0.05) is 25.5 Å². The summed E-state index contributed by atoms with van der Waals surface area (Å²) in [5.74, 6) is -0.341. The summed E-state index contributed by atoms with van der Waals surface area (Å²) in [5.41, 5.74) is 1.84. The molecule has 0 bridgehead atoms. The van der Waals surface area contributed by atoms with E-state index in [-0.39, 0.29) is 5.56 Å². The minimum absolute atomic E-state index is 0.278. The van der Waals surface area contributed by atoms with Crippen LogP contribution >= 0.6 is 0 Å². The Labute approximate surface area is 123 Å². The van der Waals surface area contributed by atoms with Crippen molar-refractivity contribution in [1.29, 1.82) is 0 Å². The number of carboxylic acids is 1. The van der Waals surface area contributed by atoms with E-state index in [0.29, 0.717) is 5.82 Å². The maximum Gasteiger partial charge on any atom is 0.339 e. The molecule has 0 unspecified atom stereocenters. The van der Waals surface area contributed by atoms with Gasteiger partial charge < -0.3 is 10.0 Å². The van der Waals surface area contributed by atoms with Gasteiger partial charge in [0.25, 0.3) is 0 Å². The number of carboxylic acid groups (broad SMARTS) is 1. The minimum Gasteiger partial charge on any atom is -0.478 e. The first-order chi connectivity index (χ1) is 10.1. The van der Waals surface area contributed by atoms with Crippen LogP contribution in [-0.4, -0.2) is 38.9 Å². The van der Waals surface area contributed by atoms with Crippen LogP contribution in [0.25, 0.3) is 11.0 Å². The van der Waals surface area contributed by atoms with Gasteiger partial charge in [-0.15, -0.1) is 0 Å². The van der Waals surface area contributed by atoms with Crippen molar-refractivity contribution in [3.63, 3.8) is 0 Å². The maximum absolute atomic E-state index is 11.6. The van der Waals surface area contributed by atoms with Gasteiger partial charge in [0.15, 0.2) is 5.65 Å². The van der Waals surface area contributed by atoms with Gasteiger partial charge in [0.05, 0.1) is 5.69 Å². The van der Waals surface area contributed by atoms with Gasteiger partial charge in [-0.05, 0) is 25.8 Å². The third-order valence-electron chi connectivity index (χ3n) is 4.11. The molecule has 0 saturated carbocycles. The Hall–Kier alpha value is -2.11.